The van der Waals surface area contributed by atoms with Gasteiger partial charge in [0, 0.05) is 41.8 Å². The van der Waals surface area contributed by atoms with Crippen molar-refractivity contribution in [2.45, 2.75) is 53.6 Å². The number of aryl methyl sites for hydroxylation is 2. The Balaban J connectivity index is 2.44. The van der Waals surface area contributed by atoms with Crippen LogP contribution in [0, 0.1) is 20.8 Å². The summed E-state index contributed by atoms with van der Waals surface area (Å²) in [5.41, 5.74) is 5.53. The molecule has 0 bridgehead atoms. The molecule has 2 aromatic rings. The lowest BCUT2D eigenvalue weighted by Gasteiger charge is -2.17. The minimum absolute atomic E-state index is 0.106. The maximum atomic E-state index is 12.2. The highest BCUT2D eigenvalue weighted by atomic mass is 16.1. The summed E-state index contributed by atoms with van der Waals surface area (Å²) in [6.45, 7) is 11.1. The number of nitrogens with zero attached hydrogens (tertiary/aromatic N) is 1. The first-order valence-corrected chi connectivity index (χ1v) is 7.96. The Morgan fingerprint density at radius 3 is 2.64 bits per heavy atom. The summed E-state index contributed by atoms with van der Waals surface area (Å²) in [7, 11) is 0. The first-order valence-electron chi connectivity index (χ1n) is 7.96. The van der Waals surface area contributed by atoms with Gasteiger partial charge in [-0.3, -0.25) is 4.79 Å². The predicted octanol–water partition coefficient (Wildman–Crippen LogP) is 3.65. The molecule has 0 saturated heterocycles. The van der Waals surface area contributed by atoms with E-state index in [1.54, 1.807) is 6.07 Å². The van der Waals surface area contributed by atoms with Crippen LogP contribution in [0.2, 0.25) is 0 Å². The van der Waals surface area contributed by atoms with Crippen molar-refractivity contribution in [1.82, 2.24) is 9.88 Å². The van der Waals surface area contributed by atoms with Gasteiger partial charge in [-0.05, 0) is 51.3 Å². The third-order valence-electron chi connectivity index (χ3n) is 4.41. The van der Waals surface area contributed by atoms with E-state index in [1.165, 1.54) is 11.1 Å². The SMILES string of the molecule is CCC(C)NCc1cn(-c2cccc(C)c2C)c(C)cc1=O. The summed E-state index contributed by atoms with van der Waals surface area (Å²) in [4.78, 5) is 12.2. The van der Waals surface area contributed by atoms with E-state index >= 15 is 0 Å². The zero-order valence-corrected chi connectivity index (χ0v) is 14.2. The maximum Gasteiger partial charge on any atom is 0.186 e. The molecule has 0 aliphatic carbocycles. The number of hydrogen-bond donors (Lipinski definition) is 1. The molecular weight excluding hydrogens is 272 g/mol. The van der Waals surface area contributed by atoms with Crippen LogP contribution in [0.4, 0.5) is 0 Å². The molecule has 0 aliphatic rings. The van der Waals surface area contributed by atoms with Gasteiger partial charge in [0.2, 0.25) is 0 Å². The Morgan fingerprint density at radius 2 is 1.95 bits per heavy atom. The Morgan fingerprint density at radius 1 is 1.23 bits per heavy atom. The number of hydrogen-bond acceptors (Lipinski definition) is 2. The molecule has 3 heteroatoms. The largest absolute Gasteiger partial charge is 0.320 e. The van der Waals surface area contributed by atoms with E-state index in [0.717, 1.165) is 23.4 Å². The molecule has 0 amide bonds. The third-order valence-corrected chi connectivity index (χ3v) is 4.41. The van der Waals surface area contributed by atoms with Crippen LogP contribution in [0.1, 0.15) is 42.7 Å². The lowest BCUT2D eigenvalue weighted by atomic mass is 10.1. The van der Waals surface area contributed by atoms with Crippen LogP contribution in [-0.2, 0) is 6.54 Å². The fourth-order valence-corrected chi connectivity index (χ4v) is 2.49. The summed E-state index contributed by atoms with van der Waals surface area (Å²) in [6.07, 6.45) is 3.03. The maximum absolute atomic E-state index is 12.2. The minimum atomic E-state index is 0.106. The second kappa shape index (κ2) is 6.93. The normalized spacial score (nSPS) is 12.4. The quantitative estimate of drug-likeness (QED) is 0.914. The zero-order valence-electron chi connectivity index (χ0n) is 14.2. The van der Waals surface area contributed by atoms with Gasteiger partial charge in [-0.1, -0.05) is 19.1 Å². The van der Waals surface area contributed by atoms with Gasteiger partial charge in [0.1, 0.15) is 0 Å². The van der Waals surface area contributed by atoms with Gasteiger partial charge in [0.25, 0.3) is 0 Å². The molecule has 1 unspecified atom stereocenters. The van der Waals surface area contributed by atoms with Crippen molar-refractivity contribution in [3.8, 4) is 5.69 Å². The fraction of sp³-hybridized carbons (Fsp3) is 0.421. The zero-order chi connectivity index (χ0) is 16.3. The molecule has 0 radical (unpaired) electrons. The summed E-state index contributed by atoms with van der Waals surface area (Å²) in [5, 5.41) is 3.40. The number of pyridine rings is 1. The van der Waals surface area contributed by atoms with Gasteiger partial charge in [0.15, 0.2) is 5.43 Å². The highest BCUT2D eigenvalue weighted by Gasteiger charge is 2.09. The number of benzene rings is 1. The Hall–Kier alpha value is -1.87. The van der Waals surface area contributed by atoms with E-state index in [9.17, 15) is 4.79 Å². The molecule has 3 nitrogen and oxygen atoms in total. The van der Waals surface area contributed by atoms with Crippen molar-refractivity contribution in [1.29, 1.82) is 0 Å². The predicted molar refractivity (Wildman–Crippen MR) is 92.8 cm³/mol. The second-order valence-corrected chi connectivity index (χ2v) is 6.08. The van der Waals surface area contributed by atoms with Crippen molar-refractivity contribution < 1.29 is 0 Å². The van der Waals surface area contributed by atoms with E-state index in [-0.39, 0.29) is 5.43 Å². The molecule has 1 heterocycles. The molecule has 1 aromatic heterocycles. The minimum Gasteiger partial charge on any atom is -0.320 e. The summed E-state index contributed by atoms with van der Waals surface area (Å²) >= 11 is 0. The molecule has 1 atom stereocenters. The summed E-state index contributed by atoms with van der Waals surface area (Å²) < 4.78 is 2.12. The van der Waals surface area contributed by atoms with Crippen molar-refractivity contribution in [3.05, 3.63) is 63.1 Å². The average molecular weight is 298 g/mol. The second-order valence-electron chi connectivity index (χ2n) is 6.08. The van der Waals surface area contributed by atoms with Crippen molar-refractivity contribution in [2.75, 3.05) is 0 Å². The molecule has 22 heavy (non-hydrogen) atoms. The fourth-order valence-electron chi connectivity index (χ4n) is 2.49. The molecule has 0 fully saturated rings. The first kappa shape index (κ1) is 16.5. The highest BCUT2D eigenvalue weighted by molar-refractivity contribution is 5.46. The van der Waals surface area contributed by atoms with Crippen LogP contribution in [0.15, 0.2) is 35.3 Å². The molecule has 0 aliphatic heterocycles. The van der Waals surface area contributed by atoms with Gasteiger partial charge in [-0.25, -0.2) is 0 Å². The monoisotopic (exact) mass is 298 g/mol. The van der Waals surface area contributed by atoms with Crippen LogP contribution in [0.3, 0.4) is 0 Å². The molecule has 1 N–H and O–H groups in total. The average Bonchev–Trinajstić information content (AvgIpc) is 2.49. The first-order chi connectivity index (χ1) is 10.4. The topological polar surface area (TPSA) is 34.0 Å². The smallest absolute Gasteiger partial charge is 0.186 e. The van der Waals surface area contributed by atoms with Gasteiger partial charge in [-0.2, -0.15) is 0 Å². The van der Waals surface area contributed by atoms with Gasteiger partial charge >= 0.3 is 0 Å². The van der Waals surface area contributed by atoms with E-state index in [2.05, 4.69) is 55.8 Å². The van der Waals surface area contributed by atoms with Crippen LogP contribution < -0.4 is 10.7 Å². The Labute approximate surface area is 133 Å². The van der Waals surface area contributed by atoms with Crippen molar-refractivity contribution in [2.24, 2.45) is 0 Å². The molecule has 2 rings (SSSR count). The summed E-state index contributed by atoms with van der Waals surface area (Å²) in [6, 6.07) is 8.42. The number of aromatic nitrogens is 1. The molecule has 0 spiro atoms. The van der Waals surface area contributed by atoms with Crippen LogP contribution in [-0.4, -0.2) is 10.6 Å². The van der Waals surface area contributed by atoms with Crippen LogP contribution in [0.5, 0.6) is 0 Å². The van der Waals surface area contributed by atoms with Crippen molar-refractivity contribution in [3.63, 3.8) is 0 Å². The molecule has 118 valence electrons. The number of rotatable bonds is 5. The molecule has 0 saturated carbocycles. The van der Waals surface area contributed by atoms with E-state index < -0.39 is 0 Å². The van der Waals surface area contributed by atoms with Gasteiger partial charge in [-0.15, -0.1) is 0 Å². The Bertz CT molecular complexity index is 716. The van der Waals surface area contributed by atoms with E-state index in [1.807, 2.05) is 13.1 Å². The van der Waals surface area contributed by atoms with Crippen molar-refractivity contribution >= 4 is 0 Å². The van der Waals surface area contributed by atoms with Gasteiger partial charge < -0.3 is 9.88 Å². The molecule has 1 aromatic carbocycles. The van der Waals surface area contributed by atoms with E-state index in [4.69, 9.17) is 0 Å². The van der Waals surface area contributed by atoms with Crippen LogP contribution in [0.25, 0.3) is 5.69 Å². The van der Waals surface area contributed by atoms with Gasteiger partial charge in [0.05, 0.1) is 0 Å². The highest BCUT2D eigenvalue weighted by Crippen LogP contribution is 2.19. The summed E-state index contributed by atoms with van der Waals surface area (Å²) in [5.74, 6) is 0. The standard InChI is InChI=1S/C19H26N2O/c1-6-14(3)20-11-17-12-21(15(4)10-19(17)22)18-9-7-8-13(2)16(18)5/h7-10,12,14,20H,6,11H2,1-5H3. The Kier molecular flexibility index (Phi) is 5.19. The van der Waals surface area contributed by atoms with E-state index in [0.29, 0.717) is 12.6 Å². The number of nitrogens with one attached hydrogen (secondary N) is 1. The third kappa shape index (κ3) is 3.47. The lowest BCUT2D eigenvalue weighted by Crippen LogP contribution is -2.28. The molecular formula is C19H26N2O. The van der Waals surface area contributed by atoms with Crippen LogP contribution >= 0.6 is 0 Å². The lowest BCUT2D eigenvalue weighted by molar-refractivity contribution is 0.531.